The molecule has 3 nitrogen and oxygen atoms in total. The van der Waals surface area contributed by atoms with Gasteiger partial charge < -0.3 is 15.3 Å². The molecule has 1 aliphatic heterocycles. The molecule has 1 aromatic rings. The zero-order chi connectivity index (χ0) is 14.5. The SMILES string of the molecule is CCCNCc1c(F)cccc1N1CCC(C)C1CO. The Hall–Kier alpha value is -1.13. The van der Waals surface area contributed by atoms with Gasteiger partial charge in [-0.3, -0.25) is 0 Å². The molecule has 2 rings (SSSR count). The number of rotatable bonds is 6. The van der Waals surface area contributed by atoms with Crippen LogP contribution in [-0.2, 0) is 6.54 Å². The summed E-state index contributed by atoms with van der Waals surface area (Å²) in [6.45, 7) is 6.68. The van der Waals surface area contributed by atoms with Crippen LogP contribution in [0.5, 0.6) is 0 Å². The van der Waals surface area contributed by atoms with Gasteiger partial charge in [0.15, 0.2) is 0 Å². The van der Waals surface area contributed by atoms with Crippen LogP contribution in [0.1, 0.15) is 32.3 Å². The normalized spacial score (nSPS) is 22.5. The molecule has 2 atom stereocenters. The second-order valence-corrected chi connectivity index (χ2v) is 5.62. The van der Waals surface area contributed by atoms with E-state index in [1.807, 2.05) is 6.07 Å². The Morgan fingerprint density at radius 1 is 1.45 bits per heavy atom. The van der Waals surface area contributed by atoms with Crippen molar-refractivity contribution in [3.63, 3.8) is 0 Å². The molecule has 0 aliphatic carbocycles. The molecule has 1 saturated heterocycles. The topological polar surface area (TPSA) is 35.5 Å². The lowest BCUT2D eigenvalue weighted by Gasteiger charge is -2.29. The lowest BCUT2D eigenvalue weighted by molar-refractivity contribution is 0.244. The smallest absolute Gasteiger partial charge is 0.129 e. The van der Waals surface area contributed by atoms with Crippen molar-refractivity contribution in [3.05, 3.63) is 29.6 Å². The Morgan fingerprint density at radius 2 is 2.25 bits per heavy atom. The zero-order valence-electron chi connectivity index (χ0n) is 12.4. The zero-order valence-corrected chi connectivity index (χ0v) is 12.4. The number of nitrogens with one attached hydrogen (secondary N) is 1. The summed E-state index contributed by atoms with van der Waals surface area (Å²) in [5, 5.41) is 12.9. The lowest BCUT2D eigenvalue weighted by Crippen LogP contribution is -2.36. The minimum atomic E-state index is -0.164. The van der Waals surface area contributed by atoms with Gasteiger partial charge in [0.25, 0.3) is 0 Å². The van der Waals surface area contributed by atoms with Gasteiger partial charge in [-0.05, 0) is 37.4 Å². The van der Waals surface area contributed by atoms with Gasteiger partial charge in [0, 0.05) is 24.3 Å². The maximum Gasteiger partial charge on any atom is 0.129 e. The van der Waals surface area contributed by atoms with Crippen LogP contribution in [0.3, 0.4) is 0 Å². The van der Waals surface area contributed by atoms with Crippen LogP contribution in [0.25, 0.3) is 0 Å². The molecule has 2 unspecified atom stereocenters. The first-order valence-corrected chi connectivity index (χ1v) is 7.54. The highest BCUT2D eigenvalue weighted by atomic mass is 19.1. The monoisotopic (exact) mass is 280 g/mol. The van der Waals surface area contributed by atoms with Gasteiger partial charge in [-0.1, -0.05) is 19.9 Å². The number of hydrogen-bond donors (Lipinski definition) is 2. The standard InChI is InChI=1S/C16H25FN2O/c1-3-8-18-10-13-14(17)5-4-6-15(13)19-9-7-12(2)16(19)11-20/h4-6,12,16,18,20H,3,7-11H2,1-2H3. The Bertz CT molecular complexity index is 438. The Labute approximate surface area is 120 Å². The van der Waals surface area contributed by atoms with Crippen molar-refractivity contribution < 1.29 is 9.50 Å². The fourth-order valence-electron chi connectivity index (χ4n) is 2.97. The van der Waals surface area contributed by atoms with Crippen molar-refractivity contribution in [2.45, 2.75) is 39.3 Å². The summed E-state index contributed by atoms with van der Waals surface area (Å²) in [5.74, 6) is 0.280. The fraction of sp³-hybridized carbons (Fsp3) is 0.625. The van der Waals surface area contributed by atoms with Crippen molar-refractivity contribution in [2.75, 3.05) is 24.6 Å². The van der Waals surface area contributed by atoms with Gasteiger partial charge in [0.05, 0.1) is 12.6 Å². The largest absolute Gasteiger partial charge is 0.394 e. The van der Waals surface area contributed by atoms with Gasteiger partial charge in [-0.15, -0.1) is 0 Å². The van der Waals surface area contributed by atoms with Crippen molar-refractivity contribution in [1.82, 2.24) is 5.32 Å². The number of anilines is 1. The third-order valence-electron chi connectivity index (χ3n) is 4.20. The number of benzene rings is 1. The summed E-state index contributed by atoms with van der Waals surface area (Å²) in [6, 6.07) is 5.33. The van der Waals surface area contributed by atoms with E-state index in [9.17, 15) is 9.50 Å². The third-order valence-corrected chi connectivity index (χ3v) is 4.20. The predicted octanol–water partition coefficient (Wildman–Crippen LogP) is 2.53. The number of hydrogen-bond acceptors (Lipinski definition) is 3. The second-order valence-electron chi connectivity index (χ2n) is 5.62. The van der Waals surface area contributed by atoms with E-state index >= 15 is 0 Å². The molecule has 112 valence electrons. The second kappa shape index (κ2) is 7.04. The highest BCUT2D eigenvalue weighted by Crippen LogP contribution is 2.32. The van der Waals surface area contributed by atoms with Crippen LogP contribution in [0, 0.1) is 11.7 Å². The first-order chi connectivity index (χ1) is 9.69. The van der Waals surface area contributed by atoms with E-state index in [1.165, 1.54) is 6.07 Å². The van der Waals surface area contributed by atoms with Gasteiger partial charge in [-0.25, -0.2) is 4.39 Å². The van der Waals surface area contributed by atoms with Gasteiger partial charge in [0.2, 0.25) is 0 Å². The summed E-state index contributed by atoms with van der Waals surface area (Å²) in [4.78, 5) is 2.16. The quantitative estimate of drug-likeness (QED) is 0.786. The third kappa shape index (κ3) is 3.13. The Kier molecular flexibility index (Phi) is 5.38. The van der Waals surface area contributed by atoms with Gasteiger partial charge in [0.1, 0.15) is 5.82 Å². The van der Waals surface area contributed by atoms with Crippen LogP contribution in [0.2, 0.25) is 0 Å². The van der Waals surface area contributed by atoms with E-state index in [1.54, 1.807) is 6.07 Å². The van der Waals surface area contributed by atoms with Crippen molar-refractivity contribution in [1.29, 1.82) is 0 Å². The van der Waals surface area contributed by atoms with Crippen LogP contribution in [0.4, 0.5) is 10.1 Å². The summed E-state index contributed by atoms with van der Waals surface area (Å²) in [7, 11) is 0. The Balaban J connectivity index is 2.24. The van der Waals surface area contributed by atoms with Crippen molar-refractivity contribution in [2.24, 2.45) is 5.92 Å². The molecule has 1 fully saturated rings. The molecule has 1 aliphatic rings. The molecule has 20 heavy (non-hydrogen) atoms. The van der Waals surface area contributed by atoms with Crippen LogP contribution in [0.15, 0.2) is 18.2 Å². The summed E-state index contributed by atoms with van der Waals surface area (Å²) in [5.41, 5.74) is 1.64. The van der Waals surface area contributed by atoms with Crippen molar-refractivity contribution in [3.8, 4) is 0 Å². The molecular formula is C16H25FN2O. The van der Waals surface area contributed by atoms with E-state index in [2.05, 4.69) is 24.1 Å². The average Bonchev–Trinajstić information content (AvgIpc) is 2.81. The fourth-order valence-corrected chi connectivity index (χ4v) is 2.97. The van der Waals surface area contributed by atoms with E-state index in [0.717, 1.165) is 31.6 Å². The molecule has 0 bridgehead atoms. The van der Waals surface area contributed by atoms with Crippen LogP contribution < -0.4 is 10.2 Å². The van der Waals surface area contributed by atoms with Crippen LogP contribution in [-0.4, -0.2) is 30.8 Å². The average molecular weight is 280 g/mol. The highest BCUT2D eigenvalue weighted by Gasteiger charge is 2.32. The molecule has 0 saturated carbocycles. The Morgan fingerprint density at radius 3 is 2.95 bits per heavy atom. The molecule has 0 aromatic heterocycles. The number of aliphatic hydroxyl groups is 1. The van der Waals surface area contributed by atoms with E-state index in [4.69, 9.17) is 0 Å². The summed E-state index contributed by atoms with van der Waals surface area (Å²) in [6.07, 6.45) is 2.08. The number of halogens is 1. The maximum absolute atomic E-state index is 14.1. The van der Waals surface area contributed by atoms with E-state index in [0.29, 0.717) is 18.0 Å². The lowest BCUT2D eigenvalue weighted by atomic mass is 10.0. The molecule has 0 amide bonds. The molecule has 1 heterocycles. The number of aliphatic hydroxyl groups excluding tert-OH is 1. The minimum Gasteiger partial charge on any atom is -0.394 e. The molecule has 2 N–H and O–H groups in total. The maximum atomic E-state index is 14.1. The van der Waals surface area contributed by atoms with Crippen LogP contribution >= 0.6 is 0 Å². The minimum absolute atomic E-state index is 0.0988. The molecule has 1 aromatic carbocycles. The summed E-state index contributed by atoms with van der Waals surface area (Å²) >= 11 is 0. The molecule has 4 heteroatoms. The van der Waals surface area contributed by atoms with Gasteiger partial charge >= 0.3 is 0 Å². The molecular weight excluding hydrogens is 255 g/mol. The summed E-state index contributed by atoms with van der Waals surface area (Å²) < 4.78 is 14.1. The van der Waals surface area contributed by atoms with E-state index in [-0.39, 0.29) is 18.5 Å². The first-order valence-electron chi connectivity index (χ1n) is 7.54. The highest BCUT2D eigenvalue weighted by molar-refractivity contribution is 5.56. The predicted molar refractivity (Wildman–Crippen MR) is 80.4 cm³/mol. The van der Waals surface area contributed by atoms with Gasteiger partial charge in [-0.2, -0.15) is 0 Å². The molecule has 0 spiro atoms. The molecule has 0 radical (unpaired) electrons. The van der Waals surface area contributed by atoms with E-state index < -0.39 is 0 Å². The number of nitrogens with zero attached hydrogens (tertiary/aromatic N) is 1. The van der Waals surface area contributed by atoms with Crippen molar-refractivity contribution >= 4 is 5.69 Å². The first kappa shape index (κ1) is 15.3.